The first-order valence-corrected chi connectivity index (χ1v) is 10.6. The van der Waals surface area contributed by atoms with Crippen molar-refractivity contribution in [3.8, 4) is 0 Å². The van der Waals surface area contributed by atoms with E-state index in [0.29, 0.717) is 39.7 Å². The maximum atomic E-state index is 12.5. The molecule has 24 heavy (non-hydrogen) atoms. The number of aryl methyl sites for hydroxylation is 1. The fourth-order valence-electron chi connectivity index (χ4n) is 2.84. The maximum Gasteiger partial charge on any atom is 0.266 e. The number of carbonyl (C=O) groups is 1. The molecule has 1 fully saturated rings. The first kappa shape index (κ1) is 17.9. The number of nitrogens with zero attached hydrogens (tertiary/aromatic N) is 3. The normalized spacial score (nSPS) is 20.2. The predicted molar refractivity (Wildman–Crippen MR) is 96.0 cm³/mol. The van der Waals surface area contributed by atoms with Gasteiger partial charge in [0.05, 0.1) is 26.5 Å². The molecule has 1 saturated heterocycles. The van der Waals surface area contributed by atoms with Crippen LogP contribution in [0.1, 0.15) is 12.8 Å². The summed E-state index contributed by atoms with van der Waals surface area (Å²) in [7, 11) is -1.68. The predicted octanol–water partition coefficient (Wildman–Crippen LogP) is 2.40. The molecule has 0 radical (unpaired) electrons. The number of carbonyl (C=O) groups excluding carboxylic acids is 1. The Bertz CT molecular complexity index is 995. The van der Waals surface area contributed by atoms with Gasteiger partial charge in [0, 0.05) is 13.6 Å². The molecule has 6 nitrogen and oxygen atoms in total. The van der Waals surface area contributed by atoms with Gasteiger partial charge in [-0.25, -0.2) is 8.42 Å². The summed E-state index contributed by atoms with van der Waals surface area (Å²) in [5, 5.41) is 1.04. The van der Waals surface area contributed by atoms with Crippen LogP contribution in [0.2, 0.25) is 10.0 Å². The minimum absolute atomic E-state index is 0.348. The third kappa shape index (κ3) is 3.13. The van der Waals surface area contributed by atoms with Crippen LogP contribution in [0.3, 0.4) is 0 Å². The molecule has 3 rings (SSSR count). The molecule has 0 saturated carbocycles. The number of amides is 1. The molecule has 1 amide bonds. The second kappa shape index (κ2) is 6.42. The van der Waals surface area contributed by atoms with Crippen LogP contribution < -0.4 is 4.80 Å². The Balaban J connectivity index is 2.08. The van der Waals surface area contributed by atoms with Crippen LogP contribution >= 0.6 is 34.5 Å². The molecular formula is C14H15Cl2N3O3S2. The summed E-state index contributed by atoms with van der Waals surface area (Å²) in [6.45, 7) is 0.348. The third-order valence-electron chi connectivity index (χ3n) is 3.97. The number of hydrogen-bond donors (Lipinski definition) is 0. The van der Waals surface area contributed by atoms with Crippen molar-refractivity contribution < 1.29 is 13.2 Å². The molecule has 0 aliphatic carbocycles. The summed E-state index contributed by atoms with van der Waals surface area (Å²) < 4.78 is 27.2. The summed E-state index contributed by atoms with van der Waals surface area (Å²) >= 11 is 13.6. The zero-order valence-corrected chi connectivity index (χ0v) is 16.1. The number of aromatic nitrogens is 1. The first-order chi connectivity index (χ1) is 11.2. The zero-order chi connectivity index (χ0) is 17.6. The van der Waals surface area contributed by atoms with Crippen LogP contribution in [-0.4, -0.2) is 42.0 Å². The number of sulfonamides is 1. The van der Waals surface area contributed by atoms with Crippen molar-refractivity contribution in [2.75, 3.05) is 12.8 Å². The van der Waals surface area contributed by atoms with Crippen LogP contribution in [0.25, 0.3) is 10.2 Å². The smallest absolute Gasteiger partial charge is 0.266 e. The summed E-state index contributed by atoms with van der Waals surface area (Å²) in [6.07, 6.45) is 2.23. The second-order valence-electron chi connectivity index (χ2n) is 5.63. The van der Waals surface area contributed by atoms with Crippen LogP contribution in [0.15, 0.2) is 17.1 Å². The van der Waals surface area contributed by atoms with E-state index in [4.69, 9.17) is 23.2 Å². The topological polar surface area (TPSA) is 71.7 Å². The van der Waals surface area contributed by atoms with Crippen molar-refractivity contribution in [2.45, 2.75) is 18.9 Å². The number of thiazole rings is 1. The molecule has 1 atom stereocenters. The van der Waals surface area contributed by atoms with Crippen molar-refractivity contribution in [3.63, 3.8) is 0 Å². The van der Waals surface area contributed by atoms with Crippen LogP contribution in [0.5, 0.6) is 0 Å². The lowest BCUT2D eigenvalue weighted by Crippen LogP contribution is -2.39. The van der Waals surface area contributed by atoms with E-state index in [1.54, 1.807) is 23.7 Å². The van der Waals surface area contributed by atoms with Gasteiger partial charge in [-0.15, -0.1) is 0 Å². The monoisotopic (exact) mass is 407 g/mol. The van der Waals surface area contributed by atoms with Crippen molar-refractivity contribution in [2.24, 2.45) is 12.0 Å². The van der Waals surface area contributed by atoms with Gasteiger partial charge in [-0.3, -0.25) is 4.79 Å². The van der Waals surface area contributed by atoms with E-state index in [1.807, 2.05) is 0 Å². The standard InChI is InChI=1S/C14H15Cl2N3O3S2/c1-18-11-8(15)5-6-9(16)12(11)23-14(18)17-13(20)10-4-3-7-19(10)24(2,21)22/h5-6,10H,3-4,7H2,1-2H3. The number of hydrogen-bond acceptors (Lipinski definition) is 4. The molecule has 2 heterocycles. The Morgan fingerprint density at radius 2 is 2.00 bits per heavy atom. The van der Waals surface area contributed by atoms with Gasteiger partial charge < -0.3 is 4.57 Å². The van der Waals surface area contributed by atoms with Gasteiger partial charge in [0.15, 0.2) is 4.80 Å². The minimum atomic E-state index is -3.43. The van der Waals surface area contributed by atoms with Crippen molar-refractivity contribution in [1.82, 2.24) is 8.87 Å². The largest absolute Gasteiger partial charge is 0.318 e. The van der Waals surface area contributed by atoms with E-state index in [-0.39, 0.29) is 0 Å². The molecule has 2 aromatic rings. The molecule has 1 aliphatic heterocycles. The Hall–Kier alpha value is -0.930. The zero-order valence-electron chi connectivity index (χ0n) is 13.0. The third-order valence-corrected chi connectivity index (χ3v) is 7.16. The highest BCUT2D eigenvalue weighted by Gasteiger charge is 2.36. The maximum absolute atomic E-state index is 12.5. The van der Waals surface area contributed by atoms with Crippen LogP contribution in [0, 0.1) is 0 Å². The molecule has 0 spiro atoms. The quantitative estimate of drug-likeness (QED) is 0.766. The Kier molecular flexibility index (Phi) is 4.78. The summed E-state index contributed by atoms with van der Waals surface area (Å²) in [5.74, 6) is -0.465. The average molecular weight is 408 g/mol. The van der Waals surface area contributed by atoms with Crippen LogP contribution in [0.4, 0.5) is 0 Å². The summed E-state index contributed by atoms with van der Waals surface area (Å²) in [6, 6.07) is 2.64. The lowest BCUT2D eigenvalue weighted by atomic mass is 10.2. The fraction of sp³-hybridized carbons (Fsp3) is 0.429. The van der Waals surface area contributed by atoms with Crippen LogP contribution in [-0.2, 0) is 21.9 Å². The first-order valence-electron chi connectivity index (χ1n) is 7.19. The number of fused-ring (bicyclic) bond motifs is 1. The summed E-state index contributed by atoms with van der Waals surface area (Å²) in [4.78, 5) is 17.1. The molecular weight excluding hydrogens is 393 g/mol. The average Bonchev–Trinajstić information content (AvgIpc) is 3.09. The molecule has 10 heteroatoms. The van der Waals surface area contributed by atoms with E-state index < -0.39 is 22.0 Å². The van der Waals surface area contributed by atoms with Gasteiger partial charge in [0.2, 0.25) is 10.0 Å². The number of halogens is 2. The molecule has 0 N–H and O–H groups in total. The molecule has 1 aromatic heterocycles. The summed E-state index contributed by atoms with van der Waals surface area (Å²) in [5.41, 5.74) is 0.701. The van der Waals surface area contributed by atoms with Crippen molar-refractivity contribution in [1.29, 1.82) is 0 Å². The Morgan fingerprint density at radius 1 is 1.33 bits per heavy atom. The van der Waals surface area contributed by atoms with Crippen molar-refractivity contribution >= 4 is 60.7 Å². The van der Waals surface area contributed by atoms with Gasteiger partial charge in [-0.2, -0.15) is 9.30 Å². The van der Waals surface area contributed by atoms with E-state index in [0.717, 1.165) is 11.0 Å². The number of rotatable bonds is 2. The van der Waals surface area contributed by atoms with Gasteiger partial charge in [0.1, 0.15) is 6.04 Å². The lowest BCUT2D eigenvalue weighted by Gasteiger charge is -2.18. The highest BCUT2D eigenvalue weighted by molar-refractivity contribution is 7.88. The minimum Gasteiger partial charge on any atom is -0.318 e. The molecule has 130 valence electrons. The molecule has 1 aromatic carbocycles. The van der Waals surface area contributed by atoms with Crippen molar-refractivity contribution in [3.05, 3.63) is 27.0 Å². The van der Waals surface area contributed by atoms with Gasteiger partial charge >= 0.3 is 0 Å². The van der Waals surface area contributed by atoms with E-state index >= 15 is 0 Å². The lowest BCUT2D eigenvalue weighted by molar-refractivity contribution is -0.121. The van der Waals surface area contributed by atoms with E-state index in [9.17, 15) is 13.2 Å². The highest BCUT2D eigenvalue weighted by atomic mass is 35.5. The van der Waals surface area contributed by atoms with Gasteiger partial charge in [0.25, 0.3) is 5.91 Å². The van der Waals surface area contributed by atoms with Gasteiger partial charge in [-0.05, 0) is 25.0 Å². The van der Waals surface area contributed by atoms with E-state index in [2.05, 4.69) is 4.99 Å². The Labute approximate surface area is 153 Å². The fourth-order valence-corrected chi connectivity index (χ4v) is 5.62. The molecule has 1 unspecified atom stereocenters. The van der Waals surface area contributed by atoms with Gasteiger partial charge in [-0.1, -0.05) is 34.5 Å². The Morgan fingerprint density at radius 3 is 2.62 bits per heavy atom. The molecule has 1 aliphatic rings. The SMILES string of the molecule is Cn1c(=NC(=O)C2CCCN2S(C)(=O)=O)sc2c(Cl)ccc(Cl)c21. The van der Waals surface area contributed by atoms with E-state index in [1.165, 1.54) is 15.6 Å². The molecule has 0 bridgehead atoms. The number of benzene rings is 1. The second-order valence-corrected chi connectivity index (χ2v) is 9.36. The highest BCUT2D eigenvalue weighted by Crippen LogP contribution is 2.31.